The van der Waals surface area contributed by atoms with Gasteiger partial charge in [-0.2, -0.15) is 0 Å². The third-order valence-corrected chi connectivity index (χ3v) is 7.77. The molecule has 3 aromatic rings. The van der Waals surface area contributed by atoms with E-state index >= 15 is 0 Å². The molecular formula is C30H29Cl2N5O4. The number of carbonyl (C=O) groups is 2. The number of carboxylic acid groups (broad SMARTS) is 1. The highest BCUT2D eigenvalue weighted by molar-refractivity contribution is 6.40. The predicted molar refractivity (Wildman–Crippen MR) is 163 cm³/mol. The molecule has 0 saturated carbocycles. The molecule has 2 aliphatic heterocycles. The molecule has 212 valence electrons. The molecule has 0 unspecified atom stereocenters. The maximum atomic E-state index is 13.6. The lowest BCUT2D eigenvalue weighted by Crippen LogP contribution is -2.39. The molecule has 3 aromatic carbocycles. The number of nitrogens with two attached hydrogens (primary N) is 1. The summed E-state index contributed by atoms with van der Waals surface area (Å²) >= 11 is 13.1. The van der Waals surface area contributed by atoms with Crippen molar-refractivity contribution in [2.24, 2.45) is 10.7 Å². The summed E-state index contributed by atoms with van der Waals surface area (Å²) in [5.74, 6) is -1.28. The number of ether oxygens (including phenoxy) is 1. The van der Waals surface area contributed by atoms with Crippen molar-refractivity contribution in [2.75, 3.05) is 50.2 Å². The molecule has 0 spiro atoms. The zero-order chi connectivity index (χ0) is 29.1. The van der Waals surface area contributed by atoms with Gasteiger partial charge in [0.05, 0.1) is 46.7 Å². The average Bonchev–Trinajstić information content (AvgIpc) is 2.98. The van der Waals surface area contributed by atoms with Crippen LogP contribution < -0.4 is 16.0 Å². The van der Waals surface area contributed by atoms with Crippen LogP contribution in [0.5, 0.6) is 0 Å². The van der Waals surface area contributed by atoms with E-state index in [0.717, 1.165) is 22.4 Å². The molecule has 0 bridgehead atoms. The van der Waals surface area contributed by atoms with E-state index in [0.29, 0.717) is 49.7 Å². The number of aliphatic imine (C=N–C) groups is 1. The van der Waals surface area contributed by atoms with Crippen molar-refractivity contribution in [3.8, 4) is 11.1 Å². The molecule has 0 radical (unpaired) electrons. The Morgan fingerprint density at radius 3 is 2.49 bits per heavy atom. The molecule has 9 nitrogen and oxygen atoms in total. The van der Waals surface area contributed by atoms with Gasteiger partial charge in [-0.25, -0.2) is 4.79 Å². The van der Waals surface area contributed by atoms with Crippen LogP contribution in [0.3, 0.4) is 0 Å². The van der Waals surface area contributed by atoms with Crippen LogP contribution in [0.1, 0.15) is 31.8 Å². The van der Waals surface area contributed by atoms with Gasteiger partial charge < -0.3 is 30.7 Å². The summed E-state index contributed by atoms with van der Waals surface area (Å²) in [4.78, 5) is 33.2. The smallest absolute Gasteiger partial charge is 0.337 e. The summed E-state index contributed by atoms with van der Waals surface area (Å²) in [6.07, 6.45) is 2.99. The second-order valence-corrected chi connectivity index (χ2v) is 10.5. The molecule has 1 fully saturated rings. The first kappa shape index (κ1) is 28.5. The Labute approximate surface area is 247 Å². The molecule has 4 N–H and O–H groups in total. The highest BCUT2D eigenvalue weighted by Gasteiger charge is 2.28. The fraction of sp³-hybridized carbons (Fsp3) is 0.233. The highest BCUT2D eigenvalue weighted by atomic mass is 35.5. The van der Waals surface area contributed by atoms with E-state index in [2.05, 4.69) is 10.3 Å². The highest BCUT2D eigenvalue weighted by Crippen LogP contribution is 2.38. The van der Waals surface area contributed by atoms with Crippen LogP contribution in [0.4, 0.5) is 11.4 Å². The third kappa shape index (κ3) is 5.74. The van der Waals surface area contributed by atoms with E-state index in [1.807, 2.05) is 35.2 Å². The quantitative estimate of drug-likeness (QED) is 0.335. The summed E-state index contributed by atoms with van der Waals surface area (Å²) in [5.41, 5.74) is 11.7. The molecule has 1 amide bonds. The van der Waals surface area contributed by atoms with Crippen LogP contribution in [-0.4, -0.2) is 68.1 Å². The lowest BCUT2D eigenvalue weighted by atomic mass is 9.96. The van der Waals surface area contributed by atoms with Crippen LogP contribution in [-0.2, 0) is 11.3 Å². The number of morpholine rings is 1. The molecule has 41 heavy (non-hydrogen) atoms. The Morgan fingerprint density at radius 2 is 1.83 bits per heavy atom. The molecule has 0 aliphatic carbocycles. The Kier molecular flexibility index (Phi) is 8.49. The SMILES string of the molecule is CN=CC(=CN)c1cc(Cl)c(C(=O)N2CNc3c(cccc3-c3ccc(C(=O)O)c(N4CCOCC4)c3)C2)c(Cl)c1. The van der Waals surface area contributed by atoms with Crippen molar-refractivity contribution in [1.82, 2.24) is 4.90 Å². The number of allylic oxidation sites excluding steroid dienone is 1. The molecule has 2 heterocycles. The first-order valence-electron chi connectivity index (χ1n) is 13.0. The number of nitrogens with one attached hydrogen (secondary N) is 1. The van der Waals surface area contributed by atoms with Crippen molar-refractivity contribution < 1.29 is 19.4 Å². The minimum Gasteiger partial charge on any atom is -0.478 e. The Bertz CT molecular complexity index is 1540. The van der Waals surface area contributed by atoms with E-state index in [9.17, 15) is 14.7 Å². The van der Waals surface area contributed by atoms with E-state index in [1.54, 1.807) is 36.4 Å². The van der Waals surface area contributed by atoms with Gasteiger partial charge in [-0.1, -0.05) is 47.5 Å². The Morgan fingerprint density at radius 1 is 1.10 bits per heavy atom. The number of rotatable bonds is 6. The van der Waals surface area contributed by atoms with Crippen molar-refractivity contribution in [1.29, 1.82) is 0 Å². The van der Waals surface area contributed by atoms with Gasteiger partial charge in [0.2, 0.25) is 0 Å². The monoisotopic (exact) mass is 593 g/mol. The second kappa shape index (κ2) is 12.2. The summed E-state index contributed by atoms with van der Waals surface area (Å²) in [6.45, 7) is 2.90. The second-order valence-electron chi connectivity index (χ2n) is 9.64. The largest absolute Gasteiger partial charge is 0.478 e. The number of carboxylic acids is 1. The summed E-state index contributed by atoms with van der Waals surface area (Å²) < 4.78 is 5.46. The number of anilines is 2. The van der Waals surface area contributed by atoms with Gasteiger partial charge in [-0.3, -0.25) is 9.79 Å². The number of benzene rings is 3. The van der Waals surface area contributed by atoms with Crippen LogP contribution in [0, 0.1) is 0 Å². The number of fused-ring (bicyclic) bond motifs is 1. The normalized spacial score (nSPS) is 15.5. The predicted octanol–water partition coefficient (Wildman–Crippen LogP) is 5.22. The number of amides is 1. The van der Waals surface area contributed by atoms with Crippen LogP contribution in [0.25, 0.3) is 16.7 Å². The molecule has 0 atom stereocenters. The minimum atomic E-state index is -0.973. The molecule has 0 aromatic heterocycles. The van der Waals surface area contributed by atoms with Crippen LogP contribution in [0.2, 0.25) is 10.0 Å². The molecule has 5 rings (SSSR count). The number of nitrogens with zero attached hydrogens (tertiary/aromatic N) is 3. The van der Waals surface area contributed by atoms with Crippen molar-refractivity contribution >= 4 is 58.2 Å². The van der Waals surface area contributed by atoms with Crippen molar-refractivity contribution in [2.45, 2.75) is 6.54 Å². The Balaban J connectivity index is 1.44. The number of para-hydroxylation sites is 1. The van der Waals surface area contributed by atoms with E-state index in [-0.39, 0.29) is 33.7 Å². The van der Waals surface area contributed by atoms with Gasteiger partial charge in [0, 0.05) is 55.9 Å². The molecule has 11 heteroatoms. The fourth-order valence-corrected chi connectivity index (χ4v) is 5.81. The molecule has 1 saturated heterocycles. The lowest BCUT2D eigenvalue weighted by Gasteiger charge is -2.32. The van der Waals surface area contributed by atoms with Crippen LogP contribution in [0.15, 0.2) is 59.7 Å². The number of hydrogen-bond acceptors (Lipinski definition) is 7. The van der Waals surface area contributed by atoms with E-state index in [4.69, 9.17) is 33.7 Å². The van der Waals surface area contributed by atoms with Gasteiger partial charge in [0.15, 0.2) is 0 Å². The first-order valence-corrected chi connectivity index (χ1v) is 13.8. The van der Waals surface area contributed by atoms with Crippen LogP contribution >= 0.6 is 23.2 Å². The number of hydrogen-bond donors (Lipinski definition) is 3. The van der Waals surface area contributed by atoms with Gasteiger partial charge in [-0.15, -0.1) is 0 Å². The zero-order valence-electron chi connectivity index (χ0n) is 22.4. The zero-order valence-corrected chi connectivity index (χ0v) is 23.9. The molecule has 2 aliphatic rings. The maximum absolute atomic E-state index is 13.6. The number of aromatic carboxylic acids is 1. The fourth-order valence-electron chi connectivity index (χ4n) is 5.16. The maximum Gasteiger partial charge on any atom is 0.337 e. The van der Waals surface area contributed by atoms with Gasteiger partial charge >= 0.3 is 5.97 Å². The van der Waals surface area contributed by atoms with E-state index < -0.39 is 5.97 Å². The van der Waals surface area contributed by atoms with E-state index in [1.165, 1.54) is 6.20 Å². The van der Waals surface area contributed by atoms with Gasteiger partial charge in [0.25, 0.3) is 5.91 Å². The summed E-state index contributed by atoms with van der Waals surface area (Å²) in [7, 11) is 1.63. The lowest BCUT2D eigenvalue weighted by molar-refractivity contribution is 0.0695. The Hall–Kier alpha value is -4.05. The van der Waals surface area contributed by atoms with Gasteiger partial charge in [-0.05, 0) is 41.0 Å². The molecular weight excluding hydrogens is 565 g/mol. The standard InChI is InChI=1S/C30H29Cl2N5O4/c1-34-15-21(14-33)20-11-24(31)27(25(32)12-20)29(38)37-16-19-3-2-4-22(28(19)35-17-37)18-5-6-23(30(39)40)26(13-18)36-7-9-41-10-8-36/h2-6,11-15,35H,7-10,16-17,33H2,1H3,(H,39,40). The van der Waals surface area contributed by atoms with Gasteiger partial charge in [0.1, 0.15) is 0 Å². The van der Waals surface area contributed by atoms with Crippen molar-refractivity contribution in [3.63, 3.8) is 0 Å². The average molecular weight is 594 g/mol. The first-order chi connectivity index (χ1) is 19.8. The summed E-state index contributed by atoms with van der Waals surface area (Å²) in [6, 6.07) is 14.5. The third-order valence-electron chi connectivity index (χ3n) is 7.17. The minimum absolute atomic E-state index is 0.211. The topological polar surface area (TPSA) is 120 Å². The summed E-state index contributed by atoms with van der Waals surface area (Å²) in [5, 5.41) is 13.6. The van der Waals surface area contributed by atoms with Crippen molar-refractivity contribution in [3.05, 3.63) is 87.0 Å². The number of carbonyl (C=O) groups excluding carboxylic acids is 1. The number of halogens is 2.